The van der Waals surface area contributed by atoms with Gasteiger partial charge in [-0.1, -0.05) is 6.07 Å². The van der Waals surface area contributed by atoms with Crippen molar-refractivity contribution in [3.8, 4) is 0 Å². The quantitative estimate of drug-likeness (QED) is 0.886. The number of amides is 1. The molecule has 0 saturated heterocycles. The molecule has 5 nitrogen and oxygen atoms in total. The molecule has 1 aromatic rings. The molecule has 112 valence electrons. The van der Waals surface area contributed by atoms with Crippen LogP contribution < -0.4 is 5.32 Å². The summed E-state index contributed by atoms with van der Waals surface area (Å²) in [5, 5.41) is 2.82. The monoisotopic (exact) mass is 298 g/mol. The van der Waals surface area contributed by atoms with Gasteiger partial charge in [-0.3, -0.25) is 4.79 Å². The van der Waals surface area contributed by atoms with Crippen LogP contribution in [0.1, 0.15) is 24.2 Å². The highest BCUT2D eigenvalue weighted by Crippen LogP contribution is 2.12. The number of hydrogen-bond acceptors (Lipinski definition) is 4. The van der Waals surface area contributed by atoms with Crippen molar-refractivity contribution in [2.45, 2.75) is 24.3 Å². The number of carbonyl (C=O) groups is 1. The third kappa shape index (κ3) is 4.31. The predicted octanol–water partition coefficient (Wildman–Crippen LogP) is 1.16. The van der Waals surface area contributed by atoms with Gasteiger partial charge >= 0.3 is 0 Å². The van der Waals surface area contributed by atoms with E-state index >= 15 is 0 Å². The van der Waals surface area contributed by atoms with Gasteiger partial charge in [-0.2, -0.15) is 0 Å². The fourth-order valence-electron chi connectivity index (χ4n) is 1.42. The summed E-state index contributed by atoms with van der Waals surface area (Å²) in [5.41, 5.74) is 0.173. The summed E-state index contributed by atoms with van der Waals surface area (Å²) in [4.78, 5) is 14.2. The smallest absolute Gasteiger partial charge is 0.251 e. The Balaban J connectivity index is 2.84. The molecular weight excluding hydrogens is 276 g/mol. The first-order valence-corrected chi connectivity index (χ1v) is 8.19. The predicted molar refractivity (Wildman–Crippen MR) is 79.7 cm³/mol. The summed E-state index contributed by atoms with van der Waals surface area (Å²) in [6.07, 6.45) is 1.12. The Bertz CT molecular complexity index is 592. The van der Waals surface area contributed by atoms with Gasteiger partial charge in [0.15, 0.2) is 9.84 Å². The standard InChI is InChI=1S/C14H22N2O3S/c1-14(2,16(3)4)10-15-13(17)11-7-6-8-12(9-11)20(5,18)19/h6-9H,10H2,1-5H3,(H,15,17). The minimum Gasteiger partial charge on any atom is -0.350 e. The molecule has 0 bridgehead atoms. The van der Waals surface area contributed by atoms with Gasteiger partial charge in [0, 0.05) is 23.9 Å². The second-order valence-corrected chi connectivity index (χ2v) is 7.71. The van der Waals surface area contributed by atoms with Crippen molar-refractivity contribution < 1.29 is 13.2 Å². The van der Waals surface area contributed by atoms with Crippen LogP contribution in [0.3, 0.4) is 0 Å². The molecule has 0 heterocycles. The van der Waals surface area contributed by atoms with Crippen LogP contribution in [0.2, 0.25) is 0 Å². The first kappa shape index (κ1) is 16.7. The molecule has 1 amide bonds. The Kier molecular flexibility index (Phi) is 4.94. The van der Waals surface area contributed by atoms with Gasteiger partial charge in [-0.25, -0.2) is 8.42 Å². The first-order valence-electron chi connectivity index (χ1n) is 6.30. The second kappa shape index (κ2) is 5.93. The summed E-state index contributed by atoms with van der Waals surface area (Å²) >= 11 is 0. The van der Waals surface area contributed by atoms with Crippen molar-refractivity contribution in [1.82, 2.24) is 10.2 Å². The van der Waals surface area contributed by atoms with Gasteiger partial charge in [0.05, 0.1) is 4.90 Å². The van der Waals surface area contributed by atoms with Crippen molar-refractivity contribution >= 4 is 15.7 Å². The number of nitrogens with zero attached hydrogens (tertiary/aromatic N) is 1. The van der Waals surface area contributed by atoms with E-state index in [2.05, 4.69) is 5.32 Å². The molecule has 0 aromatic heterocycles. The number of hydrogen-bond donors (Lipinski definition) is 1. The van der Waals surface area contributed by atoms with Gasteiger partial charge in [-0.05, 0) is 46.1 Å². The lowest BCUT2D eigenvalue weighted by Gasteiger charge is -2.32. The third-order valence-corrected chi connectivity index (χ3v) is 4.53. The average molecular weight is 298 g/mol. The number of likely N-dealkylation sites (N-methyl/N-ethyl adjacent to an activating group) is 1. The average Bonchev–Trinajstić information content (AvgIpc) is 2.35. The molecule has 0 aliphatic carbocycles. The summed E-state index contributed by atoms with van der Waals surface area (Å²) in [6.45, 7) is 4.50. The Hall–Kier alpha value is -1.40. The minimum atomic E-state index is -3.30. The molecule has 0 spiro atoms. The zero-order chi connectivity index (χ0) is 15.6. The van der Waals surface area contributed by atoms with E-state index in [0.717, 1.165) is 6.26 Å². The first-order chi connectivity index (χ1) is 9.04. The number of rotatable bonds is 5. The van der Waals surface area contributed by atoms with Gasteiger partial charge in [0.2, 0.25) is 0 Å². The fraction of sp³-hybridized carbons (Fsp3) is 0.500. The molecule has 0 saturated carbocycles. The highest BCUT2D eigenvalue weighted by atomic mass is 32.2. The molecule has 0 radical (unpaired) electrons. The van der Waals surface area contributed by atoms with Crippen molar-refractivity contribution in [3.63, 3.8) is 0 Å². The molecule has 1 rings (SSSR count). The van der Waals surface area contributed by atoms with E-state index in [-0.39, 0.29) is 16.3 Å². The lowest BCUT2D eigenvalue weighted by atomic mass is 10.0. The highest BCUT2D eigenvalue weighted by Gasteiger charge is 2.21. The Labute approximate surface area is 120 Å². The van der Waals surface area contributed by atoms with E-state index in [9.17, 15) is 13.2 Å². The normalized spacial score (nSPS) is 12.5. The summed E-state index contributed by atoms with van der Waals surface area (Å²) < 4.78 is 23.0. The molecule has 0 atom stereocenters. The van der Waals surface area contributed by atoms with E-state index in [4.69, 9.17) is 0 Å². The number of nitrogens with one attached hydrogen (secondary N) is 1. The molecule has 0 aliphatic heterocycles. The number of sulfone groups is 1. The fourth-order valence-corrected chi connectivity index (χ4v) is 2.09. The van der Waals surface area contributed by atoms with E-state index < -0.39 is 9.84 Å². The largest absolute Gasteiger partial charge is 0.350 e. The molecule has 20 heavy (non-hydrogen) atoms. The van der Waals surface area contributed by atoms with Crippen molar-refractivity contribution in [1.29, 1.82) is 0 Å². The second-order valence-electron chi connectivity index (χ2n) is 5.69. The molecule has 0 aliphatic rings. The van der Waals surface area contributed by atoms with Crippen LogP contribution in [0.4, 0.5) is 0 Å². The summed E-state index contributed by atoms with van der Waals surface area (Å²) in [6, 6.07) is 6.05. The van der Waals surface area contributed by atoms with Crippen LogP contribution in [-0.2, 0) is 9.84 Å². The van der Waals surface area contributed by atoms with Gasteiger partial charge in [-0.15, -0.1) is 0 Å². The highest BCUT2D eigenvalue weighted by molar-refractivity contribution is 7.90. The minimum absolute atomic E-state index is 0.150. The van der Waals surface area contributed by atoms with E-state index in [1.165, 1.54) is 12.1 Å². The molecular formula is C14H22N2O3S. The molecule has 0 fully saturated rings. The van der Waals surface area contributed by atoms with Crippen molar-refractivity contribution in [2.75, 3.05) is 26.9 Å². The lowest BCUT2D eigenvalue weighted by molar-refractivity contribution is 0.0919. The summed E-state index contributed by atoms with van der Waals surface area (Å²) in [7, 11) is 0.578. The van der Waals surface area contributed by atoms with Crippen LogP contribution in [0.5, 0.6) is 0 Å². The Morgan fingerprint density at radius 1 is 1.30 bits per heavy atom. The van der Waals surface area contributed by atoms with Crippen molar-refractivity contribution in [2.24, 2.45) is 0 Å². The lowest BCUT2D eigenvalue weighted by Crippen LogP contribution is -2.48. The van der Waals surface area contributed by atoms with Crippen LogP contribution in [0.15, 0.2) is 29.2 Å². The number of carbonyl (C=O) groups excluding carboxylic acids is 1. The van der Waals surface area contributed by atoms with Gasteiger partial charge in [0.25, 0.3) is 5.91 Å². The Morgan fingerprint density at radius 2 is 1.90 bits per heavy atom. The maximum Gasteiger partial charge on any atom is 0.251 e. The Morgan fingerprint density at radius 3 is 2.40 bits per heavy atom. The topological polar surface area (TPSA) is 66.5 Å². The van der Waals surface area contributed by atoms with E-state index in [1.54, 1.807) is 12.1 Å². The summed E-state index contributed by atoms with van der Waals surface area (Å²) in [5.74, 6) is -0.273. The zero-order valence-corrected chi connectivity index (χ0v) is 13.4. The molecule has 6 heteroatoms. The van der Waals surface area contributed by atoms with Crippen molar-refractivity contribution in [3.05, 3.63) is 29.8 Å². The maximum atomic E-state index is 12.1. The van der Waals surface area contributed by atoms with E-state index in [0.29, 0.717) is 12.1 Å². The van der Waals surface area contributed by atoms with Gasteiger partial charge in [0.1, 0.15) is 0 Å². The maximum absolute atomic E-state index is 12.1. The van der Waals surface area contributed by atoms with Crippen LogP contribution in [0, 0.1) is 0 Å². The van der Waals surface area contributed by atoms with Crippen LogP contribution in [0.25, 0.3) is 0 Å². The number of benzene rings is 1. The van der Waals surface area contributed by atoms with Crippen LogP contribution >= 0.6 is 0 Å². The zero-order valence-electron chi connectivity index (χ0n) is 12.6. The molecule has 1 N–H and O–H groups in total. The molecule has 1 aromatic carbocycles. The van der Waals surface area contributed by atoms with Crippen LogP contribution in [-0.4, -0.2) is 51.7 Å². The third-order valence-electron chi connectivity index (χ3n) is 3.42. The SMILES string of the molecule is CN(C)C(C)(C)CNC(=O)c1cccc(S(C)(=O)=O)c1. The molecule has 0 unspecified atom stereocenters. The van der Waals surface area contributed by atoms with Gasteiger partial charge < -0.3 is 10.2 Å². The van der Waals surface area contributed by atoms with E-state index in [1.807, 2.05) is 32.8 Å².